The summed E-state index contributed by atoms with van der Waals surface area (Å²) in [5, 5.41) is 6.95. The molecule has 4 nitrogen and oxygen atoms in total. The number of hydrogen-bond donors (Lipinski definition) is 1. The minimum atomic E-state index is -0.236. The van der Waals surface area contributed by atoms with Crippen molar-refractivity contribution in [2.45, 2.75) is 18.2 Å². The highest BCUT2D eigenvalue weighted by Gasteiger charge is 2.20. The molecule has 6 heteroatoms. The van der Waals surface area contributed by atoms with Crippen molar-refractivity contribution in [1.29, 1.82) is 0 Å². The van der Waals surface area contributed by atoms with E-state index in [0.29, 0.717) is 23.6 Å². The summed E-state index contributed by atoms with van der Waals surface area (Å²) in [6.07, 6.45) is 0.804. The van der Waals surface area contributed by atoms with E-state index >= 15 is 0 Å². The molecule has 0 unspecified atom stereocenters. The second kappa shape index (κ2) is 8.67. The molecule has 0 spiro atoms. The summed E-state index contributed by atoms with van der Waals surface area (Å²) in [6.45, 7) is 2.28. The van der Waals surface area contributed by atoms with E-state index in [0.717, 1.165) is 22.6 Å². The van der Waals surface area contributed by atoms with Crippen LogP contribution in [0.1, 0.15) is 22.5 Å². The molecule has 0 aliphatic rings. The molecular formula is C20H19FN2O2S. The van der Waals surface area contributed by atoms with Crippen molar-refractivity contribution in [3.05, 3.63) is 71.7 Å². The molecule has 3 rings (SSSR count). The van der Waals surface area contributed by atoms with Crippen molar-refractivity contribution < 1.29 is 13.7 Å². The van der Waals surface area contributed by atoms with Crippen molar-refractivity contribution in [1.82, 2.24) is 10.5 Å². The molecule has 0 aliphatic carbocycles. The minimum Gasteiger partial charge on any atom is -0.360 e. The maximum atomic E-state index is 12.9. The van der Waals surface area contributed by atoms with Gasteiger partial charge in [0, 0.05) is 17.0 Å². The summed E-state index contributed by atoms with van der Waals surface area (Å²) in [7, 11) is 0. The Kier molecular flexibility index (Phi) is 6.07. The fourth-order valence-electron chi connectivity index (χ4n) is 2.52. The topological polar surface area (TPSA) is 55.1 Å². The zero-order valence-corrected chi connectivity index (χ0v) is 15.2. The molecule has 1 N–H and O–H groups in total. The number of thioether (sulfide) groups is 1. The first-order valence-electron chi connectivity index (χ1n) is 8.33. The average molecular weight is 370 g/mol. The van der Waals surface area contributed by atoms with Crippen LogP contribution >= 0.6 is 11.8 Å². The van der Waals surface area contributed by atoms with Gasteiger partial charge in [-0.2, -0.15) is 0 Å². The minimum absolute atomic E-state index is 0.186. The average Bonchev–Trinajstić information content (AvgIpc) is 3.05. The zero-order chi connectivity index (χ0) is 18.4. The van der Waals surface area contributed by atoms with Gasteiger partial charge in [0.15, 0.2) is 0 Å². The van der Waals surface area contributed by atoms with Crippen LogP contribution in [0, 0.1) is 12.7 Å². The van der Waals surface area contributed by atoms with Crippen LogP contribution in [-0.4, -0.2) is 23.4 Å². The predicted octanol–water partition coefficient (Wildman–Crippen LogP) is 4.70. The first-order valence-corrected chi connectivity index (χ1v) is 9.32. The molecule has 2 aromatic carbocycles. The Hall–Kier alpha value is -2.60. The summed E-state index contributed by atoms with van der Waals surface area (Å²) in [5.74, 6) is 0.913. The second-order valence-electron chi connectivity index (χ2n) is 5.74. The van der Waals surface area contributed by atoms with Crippen LogP contribution < -0.4 is 5.32 Å². The van der Waals surface area contributed by atoms with Crippen LogP contribution in [-0.2, 0) is 0 Å². The van der Waals surface area contributed by atoms with Gasteiger partial charge in [-0.15, -0.1) is 11.8 Å². The van der Waals surface area contributed by atoms with Crippen molar-refractivity contribution in [2.24, 2.45) is 0 Å². The van der Waals surface area contributed by atoms with Gasteiger partial charge in [0.1, 0.15) is 22.8 Å². The number of nitrogens with one attached hydrogen (secondary N) is 1. The van der Waals surface area contributed by atoms with Gasteiger partial charge in [-0.1, -0.05) is 35.5 Å². The number of benzene rings is 2. The lowest BCUT2D eigenvalue weighted by Crippen LogP contribution is -2.25. The summed E-state index contributed by atoms with van der Waals surface area (Å²) in [4.78, 5) is 13.5. The van der Waals surface area contributed by atoms with Gasteiger partial charge >= 0.3 is 0 Å². The van der Waals surface area contributed by atoms with Gasteiger partial charge in [-0.05, 0) is 43.4 Å². The first kappa shape index (κ1) is 18.2. The predicted molar refractivity (Wildman–Crippen MR) is 101 cm³/mol. The van der Waals surface area contributed by atoms with Gasteiger partial charge in [0.05, 0.1) is 0 Å². The molecule has 1 heterocycles. The number of amides is 1. The number of nitrogens with zero attached hydrogens (tertiary/aromatic N) is 1. The Morgan fingerprint density at radius 1 is 1.15 bits per heavy atom. The van der Waals surface area contributed by atoms with Crippen molar-refractivity contribution in [3.8, 4) is 11.3 Å². The number of hydrogen-bond acceptors (Lipinski definition) is 4. The van der Waals surface area contributed by atoms with E-state index in [4.69, 9.17) is 4.52 Å². The molecule has 1 amide bonds. The van der Waals surface area contributed by atoms with E-state index in [1.807, 2.05) is 30.3 Å². The molecule has 3 aromatic rings. The highest BCUT2D eigenvalue weighted by molar-refractivity contribution is 7.99. The smallest absolute Gasteiger partial charge is 0.257 e. The second-order valence-corrected chi connectivity index (χ2v) is 6.91. The molecule has 0 atom stereocenters. The third-order valence-corrected chi connectivity index (χ3v) is 4.92. The van der Waals surface area contributed by atoms with Gasteiger partial charge < -0.3 is 9.84 Å². The lowest BCUT2D eigenvalue weighted by molar-refractivity contribution is 0.0953. The Labute approximate surface area is 155 Å². The number of aromatic nitrogens is 1. The maximum Gasteiger partial charge on any atom is 0.257 e. The number of halogens is 1. The number of carbonyl (C=O) groups is 1. The van der Waals surface area contributed by atoms with Crippen molar-refractivity contribution >= 4 is 17.7 Å². The standard InChI is InChI=1S/C20H19FN2O2S/c1-14-18(19(23-25-14)15-6-3-2-4-7-15)20(24)22-12-5-13-26-17-10-8-16(21)9-11-17/h2-4,6-11H,5,12-13H2,1H3,(H,22,24). The molecule has 26 heavy (non-hydrogen) atoms. The van der Waals surface area contributed by atoms with Crippen LogP contribution in [0.25, 0.3) is 11.3 Å². The van der Waals surface area contributed by atoms with E-state index in [-0.39, 0.29) is 11.7 Å². The lowest BCUT2D eigenvalue weighted by atomic mass is 10.1. The van der Waals surface area contributed by atoms with Gasteiger partial charge in [0.2, 0.25) is 0 Å². The van der Waals surface area contributed by atoms with E-state index < -0.39 is 0 Å². The lowest BCUT2D eigenvalue weighted by Gasteiger charge is -2.06. The number of rotatable bonds is 7. The Morgan fingerprint density at radius 3 is 2.62 bits per heavy atom. The fraction of sp³-hybridized carbons (Fsp3) is 0.200. The summed E-state index contributed by atoms with van der Waals surface area (Å²) in [5.41, 5.74) is 1.88. The Bertz CT molecular complexity index is 863. The van der Waals surface area contributed by atoms with Crippen molar-refractivity contribution in [3.63, 3.8) is 0 Å². The van der Waals surface area contributed by atoms with E-state index in [2.05, 4.69) is 10.5 Å². The summed E-state index contributed by atoms with van der Waals surface area (Å²) < 4.78 is 18.1. The highest BCUT2D eigenvalue weighted by atomic mass is 32.2. The fourth-order valence-corrected chi connectivity index (χ4v) is 3.37. The third kappa shape index (κ3) is 4.52. The molecular weight excluding hydrogens is 351 g/mol. The van der Waals surface area contributed by atoms with Crippen LogP contribution in [0.3, 0.4) is 0 Å². The summed E-state index contributed by atoms with van der Waals surface area (Å²) in [6, 6.07) is 15.9. The largest absolute Gasteiger partial charge is 0.360 e. The quantitative estimate of drug-likeness (QED) is 0.484. The van der Waals surface area contributed by atoms with E-state index in [1.54, 1.807) is 30.8 Å². The maximum absolute atomic E-state index is 12.9. The third-order valence-electron chi connectivity index (χ3n) is 3.83. The van der Waals surface area contributed by atoms with Gasteiger partial charge in [-0.3, -0.25) is 4.79 Å². The van der Waals surface area contributed by atoms with E-state index in [9.17, 15) is 9.18 Å². The molecule has 0 saturated carbocycles. The monoisotopic (exact) mass is 370 g/mol. The molecule has 0 bridgehead atoms. The summed E-state index contributed by atoms with van der Waals surface area (Å²) >= 11 is 1.63. The molecule has 1 aromatic heterocycles. The van der Waals surface area contributed by atoms with Crippen LogP contribution in [0.2, 0.25) is 0 Å². The normalized spacial score (nSPS) is 10.7. The van der Waals surface area contributed by atoms with E-state index in [1.165, 1.54) is 12.1 Å². The Balaban J connectivity index is 1.53. The highest BCUT2D eigenvalue weighted by Crippen LogP contribution is 2.25. The van der Waals surface area contributed by atoms with Gasteiger partial charge in [-0.25, -0.2) is 4.39 Å². The molecule has 0 radical (unpaired) electrons. The van der Waals surface area contributed by atoms with Crippen LogP contribution in [0.5, 0.6) is 0 Å². The van der Waals surface area contributed by atoms with Crippen LogP contribution in [0.4, 0.5) is 4.39 Å². The molecule has 0 fully saturated rings. The molecule has 134 valence electrons. The zero-order valence-electron chi connectivity index (χ0n) is 14.4. The number of aryl methyl sites for hydroxylation is 1. The molecule has 0 aliphatic heterocycles. The first-order chi connectivity index (χ1) is 12.6. The van der Waals surface area contributed by atoms with Crippen LogP contribution in [0.15, 0.2) is 64.0 Å². The Morgan fingerprint density at radius 2 is 1.88 bits per heavy atom. The SMILES string of the molecule is Cc1onc(-c2ccccc2)c1C(=O)NCCCSc1ccc(F)cc1. The van der Waals surface area contributed by atoms with Crippen molar-refractivity contribution in [2.75, 3.05) is 12.3 Å². The molecule has 0 saturated heterocycles. The van der Waals surface area contributed by atoms with Gasteiger partial charge in [0.25, 0.3) is 5.91 Å². The number of carbonyl (C=O) groups excluding carboxylic acids is 1.